The lowest BCUT2D eigenvalue weighted by Crippen LogP contribution is -2.19. The van der Waals surface area contributed by atoms with E-state index >= 15 is 0 Å². The van der Waals surface area contributed by atoms with Gasteiger partial charge in [0.15, 0.2) is 0 Å². The van der Waals surface area contributed by atoms with E-state index < -0.39 is 0 Å². The van der Waals surface area contributed by atoms with Gasteiger partial charge >= 0.3 is 0 Å². The van der Waals surface area contributed by atoms with Crippen LogP contribution in [-0.2, 0) is 16.1 Å². The molecule has 0 saturated heterocycles. The number of nitrogens with two attached hydrogens (primary N) is 1. The van der Waals surface area contributed by atoms with Gasteiger partial charge < -0.3 is 11.1 Å². The fourth-order valence-corrected chi connectivity index (χ4v) is 1.10. The lowest BCUT2D eigenvalue weighted by atomic mass is 10.2. The van der Waals surface area contributed by atoms with E-state index in [4.69, 9.17) is 5.73 Å². The number of carbonyl (C=O) groups is 2. The lowest BCUT2D eigenvalue weighted by Gasteiger charge is -2.00. The summed E-state index contributed by atoms with van der Waals surface area (Å²) in [5.41, 5.74) is 7.67. The van der Waals surface area contributed by atoms with Crippen LogP contribution in [0.25, 0.3) is 0 Å². The van der Waals surface area contributed by atoms with Gasteiger partial charge in [0, 0.05) is 12.1 Å². The van der Waals surface area contributed by atoms with Crippen LogP contribution in [0.4, 0.5) is 0 Å². The number of carbonyl (C=O) groups excluding carboxylic acids is 2. The molecule has 20 heavy (non-hydrogen) atoms. The predicted octanol–water partition coefficient (Wildman–Crippen LogP) is 2.32. The van der Waals surface area contributed by atoms with Gasteiger partial charge in [-0.05, 0) is 32.4 Å². The van der Waals surface area contributed by atoms with E-state index in [2.05, 4.69) is 11.9 Å². The molecule has 0 aromatic heterocycles. The van der Waals surface area contributed by atoms with Crippen LogP contribution in [0.2, 0.25) is 0 Å². The molecule has 108 valence electrons. The highest BCUT2D eigenvalue weighted by Crippen LogP contribution is 1.98. The minimum absolute atomic E-state index is 0.140. The topological polar surface area (TPSA) is 72.2 Å². The van der Waals surface area contributed by atoms with Crippen LogP contribution >= 0.6 is 0 Å². The van der Waals surface area contributed by atoms with Crippen LogP contribution in [0, 0.1) is 0 Å². The molecule has 0 atom stereocenters. The largest absolute Gasteiger partial charge is 0.366 e. The van der Waals surface area contributed by atoms with Crippen molar-refractivity contribution in [2.75, 3.05) is 0 Å². The maximum Gasteiger partial charge on any atom is 0.244 e. The summed E-state index contributed by atoms with van der Waals surface area (Å²) < 4.78 is 0. The van der Waals surface area contributed by atoms with Gasteiger partial charge in [-0.3, -0.25) is 9.59 Å². The quantitative estimate of drug-likeness (QED) is 0.827. The number of amides is 2. The Morgan fingerprint density at radius 3 is 2.10 bits per heavy atom. The second-order valence-corrected chi connectivity index (χ2v) is 4.40. The molecule has 0 fully saturated rings. The molecular formula is C16H22N2O2. The summed E-state index contributed by atoms with van der Waals surface area (Å²) in [7, 11) is 0. The highest BCUT2D eigenvalue weighted by Gasteiger charge is 1.96. The molecule has 0 heterocycles. The predicted molar refractivity (Wildman–Crippen MR) is 81.7 cm³/mol. The van der Waals surface area contributed by atoms with E-state index in [0.717, 1.165) is 11.1 Å². The first-order chi connectivity index (χ1) is 9.38. The van der Waals surface area contributed by atoms with E-state index in [1.807, 2.05) is 44.2 Å². The first-order valence-corrected chi connectivity index (χ1v) is 6.26. The van der Waals surface area contributed by atoms with Crippen molar-refractivity contribution in [3.05, 3.63) is 59.7 Å². The summed E-state index contributed by atoms with van der Waals surface area (Å²) in [4.78, 5) is 21.1. The number of allylic oxidation sites excluding steroid dienone is 1. The zero-order chi connectivity index (χ0) is 15.5. The molecule has 0 bridgehead atoms. The summed E-state index contributed by atoms with van der Waals surface area (Å²) in [5.74, 6) is -0.469. The number of hydrogen-bond acceptors (Lipinski definition) is 2. The molecule has 3 N–H and O–H groups in total. The molecular weight excluding hydrogens is 252 g/mol. The van der Waals surface area contributed by atoms with Gasteiger partial charge in [-0.15, -0.1) is 0 Å². The van der Waals surface area contributed by atoms with Crippen molar-refractivity contribution in [3.8, 4) is 0 Å². The van der Waals surface area contributed by atoms with E-state index in [1.165, 1.54) is 6.08 Å². The summed E-state index contributed by atoms with van der Waals surface area (Å²) in [6, 6.07) is 9.75. The second kappa shape index (κ2) is 9.55. The first-order valence-electron chi connectivity index (χ1n) is 6.26. The van der Waals surface area contributed by atoms with E-state index in [-0.39, 0.29) is 11.8 Å². The third-order valence-corrected chi connectivity index (χ3v) is 2.61. The van der Waals surface area contributed by atoms with Gasteiger partial charge in [0.25, 0.3) is 0 Å². The number of rotatable bonds is 4. The number of benzene rings is 1. The van der Waals surface area contributed by atoms with Crippen LogP contribution < -0.4 is 11.1 Å². The molecule has 0 unspecified atom stereocenters. The zero-order valence-corrected chi connectivity index (χ0v) is 12.3. The monoisotopic (exact) mass is 274 g/mol. The SMILES string of the molecule is C=CC(=O)NCc1ccccc1.CC(C)=C(C)C(N)=O. The summed E-state index contributed by atoms with van der Waals surface area (Å²) in [6.45, 7) is 9.36. The smallest absolute Gasteiger partial charge is 0.244 e. The molecule has 1 aromatic rings. The molecule has 0 aliphatic heterocycles. The van der Waals surface area contributed by atoms with Crippen molar-refractivity contribution in [2.24, 2.45) is 5.73 Å². The fraction of sp³-hybridized carbons (Fsp3) is 0.250. The Morgan fingerprint density at radius 2 is 1.75 bits per heavy atom. The van der Waals surface area contributed by atoms with Gasteiger partial charge in [-0.1, -0.05) is 42.5 Å². The van der Waals surface area contributed by atoms with Gasteiger partial charge in [-0.2, -0.15) is 0 Å². The molecule has 4 heteroatoms. The van der Waals surface area contributed by atoms with Crippen LogP contribution in [0.5, 0.6) is 0 Å². The van der Waals surface area contributed by atoms with Crippen LogP contribution in [0.3, 0.4) is 0 Å². The van der Waals surface area contributed by atoms with Gasteiger partial charge in [0.1, 0.15) is 0 Å². The molecule has 1 rings (SSSR count). The van der Waals surface area contributed by atoms with Crippen molar-refractivity contribution >= 4 is 11.8 Å². The summed E-state index contributed by atoms with van der Waals surface area (Å²) in [5, 5.41) is 2.69. The van der Waals surface area contributed by atoms with Gasteiger partial charge in [-0.25, -0.2) is 0 Å². The Bertz CT molecular complexity index is 486. The standard InChI is InChI=1S/C10H11NO.C6H11NO/c1-2-10(12)11-8-9-6-4-3-5-7-9;1-4(2)5(3)6(7)8/h2-7H,1,8H2,(H,11,12);1-3H3,(H2,7,8). The number of primary amides is 1. The van der Waals surface area contributed by atoms with Gasteiger partial charge in [0.05, 0.1) is 0 Å². The number of hydrogen-bond donors (Lipinski definition) is 2. The van der Waals surface area contributed by atoms with Crippen molar-refractivity contribution in [2.45, 2.75) is 27.3 Å². The summed E-state index contributed by atoms with van der Waals surface area (Å²) in [6.07, 6.45) is 1.27. The molecule has 2 amide bonds. The molecule has 0 radical (unpaired) electrons. The van der Waals surface area contributed by atoms with Crippen LogP contribution in [-0.4, -0.2) is 11.8 Å². The summed E-state index contributed by atoms with van der Waals surface area (Å²) >= 11 is 0. The maximum absolute atomic E-state index is 10.8. The normalized spacial score (nSPS) is 8.75. The average Bonchev–Trinajstić information content (AvgIpc) is 2.45. The van der Waals surface area contributed by atoms with E-state index in [9.17, 15) is 9.59 Å². The van der Waals surface area contributed by atoms with Crippen molar-refractivity contribution in [1.82, 2.24) is 5.32 Å². The Morgan fingerprint density at radius 1 is 1.20 bits per heavy atom. The van der Waals surface area contributed by atoms with E-state index in [1.54, 1.807) is 6.92 Å². The Balaban J connectivity index is 0.000000396. The molecule has 1 aromatic carbocycles. The average molecular weight is 274 g/mol. The van der Waals surface area contributed by atoms with Crippen LogP contribution in [0.15, 0.2) is 54.1 Å². The second-order valence-electron chi connectivity index (χ2n) is 4.40. The molecule has 0 spiro atoms. The molecule has 0 saturated carbocycles. The Hall–Kier alpha value is -2.36. The first kappa shape index (κ1) is 17.6. The highest BCUT2D eigenvalue weighted by atomic mass is 16.1. The molecule has 0 aliphatic carbocycles. The Kier molecular flexibility index (Phi) is 8.43. The lowest BCUT2D eigenvalue weighted by molar-refractivity contribution is -0.116. The highest BCUT2D eigenvalue weighted by molar-refractivity contribution is 5.91. The third-order valence-electron chi connectivity index (χ3n) is 2.61. The van der Waals surface area contributed by atoms with Crippen molar-refractivity contribution < 1.29 is 9.59 Å². The minimum atomic E-state index is -0.329. The van der Waals surface area contributed by atoms with Crippen molar-refractivity contribution in [3.63, 3.8) is 0 Å². The van der Waals surface area contributed by atoms with E-state index in [0.29, 0.717) is 12.1 Å². The van der Waals surface area contributed by atoms with Gasteiger partial charge in [0.2, 0.25) is 11.8 Å². The fourth-order valence-electron chi connectivity index (χ4n) is 1.10. The Labute approximate surface area is 120 Å². The molecule has 0 aliphatic rings. The third kappa shape index (κ3) is 7.87. The minimum Gasteiger partial charge on any atom is -0.366 e. The zero-order valence-electron chi connectivity index (χ0n) is 12.3. The number of nitrogens with one attached hydrogen (secondary N) is 1. The van der Waals surface area contributed by atoms with Crippen molar-refractivity contribution in [1.29, 1.82) is 0 Å². The maximum atomic E-state index is 10.8. The van der Waals surface area contributed by atoms with Crippen LogP contribution in [0.1, 0.15) is 26.3 Å². The molecule has 4 nitrogen and oxygen atoms in total.